The second kappa shape index (κ2) is 4.61. The standard InChI is InChI=1S/C11H12N2O2/c12-7-9-1-3-11(4-2-9)14-8-10-5-6-15-13-10/h1-6H,7-8,12H2. The molecule has 0 radical (unpaired) electrons. The van der Waals surface area contributed by atoms with E-state index in [-0.39, 0.29) is 0 Å². The van der Waals surface area contributed by atoms with Crippen LogP contribution < -0.4 is 10.5 Å². The zero-order chi connectivity index (χ0) is 10.5. The van der Waals surface area contributed by atoms with E-state index in [1.165, 1.54) is 6.26 Å². The van der Waals surface area contributed by atoms with E-state index < -0.39 is 0 Å². The minimum absolute atomic E-state index is 0.415. The number of aromatic nitrogens is 1. The number of hydrogen-bond donors (Lipinski definition) is 1. The summed E-state index contributed by atoms with van der Waals surface area (Å²) in [6, 6.07) is 9.44. The molecule has 0 fully saturated rings. The summed E-state index contributed by atoms with van der Waals surface area (Å²) in [7, 11) is 0. The smallest absolute Gasteiger partial charge is 0.134 e. The van der Waals surface area contributed by atoms with Gasteiger partial charge in [0.15, 0.2) is 0 Å². The van der Waals surface area contributed by atoms with Gasteiger partial charge in [0.05, 0.1) is 0 Å². The molecular weight excluding hydrogens is 192 g/mol. The van der Waals surface area contributed by atoms with Gasteiger partial charge in [0.25, 0.3) is 0 Å². The second-order valence-electron chi connectivity index (χ2n) is 3.13. The minimum Gasteiger partial charge on any atom is -0.487 e. The van der Waals surface area contributed by atoms with Crippen LogP contribution in [0.5, 0.6) is 5.75 Å². The first-order valence-corrected chi connectivity index (χ1v) is 4.69. The molecule has 0 amide bonds. The third kappa shape index (κ3) is 2.57. The van der Waals surface area contributed by atoms with Crippen molar-refractivity contribution in [1.29, 1.82) is 0 Å². The Bertz CT molecular complexity index is 395. The highest BCUT2D eigenvalue weighted by Gasteiger charge is 1.98. The Balaban J connectivity index is 1.93. The zero-order valence-corrected chi connectivity index (χ0v) is 8.22. The van der Waals surface area contributed by atoms with Crippen molar-refractivity contribution in [2.75, 3.05) is 0 Å². The number of ether oxygens (including phenoxy) is 1. The van der Waals surface area contributed by atoms with Crippen molar-refractivity contribution >= 4 is 0 Å². The Morgan fingerprint density at radius 1 is 1.20 bits per heavy atom. The summed E-state index contributed by atoms with van der Waals surface area (Å²) >= 11 is 0. The Labute approximate surface area is 87.6 Å². The normalized spacial score (nSPS) is 10.2. The highest BCUT2D eigenvalue weighted by Crippen LogP contribution is 2.13. The van der Waals surface area contributed by atoms with Gasteiger partial charge < -0.3 is 15.0 Å². The number of rotatable bonds is 4. The lowest BCUT2D eigenvalue weighted by Gasteiger charge is -2.04. The van der Waals surface area contributed by atoms with Crippen molar-refractivity contribution in [3.05, 3.63) is 47.9 Å². The molecule has 0 saturated heterocycles. The molecule has 2 rings (SSSR count). The van der Waals surface area contributed by atoms with Crippen LogP contribution in [0.3, 0.4) is 0 Å². The van der Waals surface area contributed by atoms with Crippen molar-refractivity contribution in [2.24, 2.45) is 5.73 Å². The molecule has 0 atom stereocenters. The van der Waals surface area contributed by atoms with Crippen molar-refractivity contribution < 1.29 is 9.26 Å². The summed E-state index contributed by atoms with van der Waals surface area (Å²) in [5.41, 5.74) is 7.35. The fraction of sp³-hybridized carbons (Fsp3) is 0.182. The average Bonchev–Trinajstić information content (AvgIpc) is 2.80. The molecule has 0 unspecified atom stereocenters. The predicted octanol–water partition coefficient (Wildman–Crippen LogP) is 1.71. The van der Waals surface area contributed by atoms with Gasteiger partial charge in [-0.2, -0.15) is 0 Å². The fourth-order valence-corrected chi connectivity index (χ4v) is 1.19. The predicted molar refractivity (Wildman–Crippen MR) is 55.2 cm³/mol. The highest BCUT2D eigenvalue weighted by atomic mass is 16.5. The molecule has 2 aromatic rings. The van der Waals surface area contributed by atoms with Crippen LogP contribution in [0.2, 0.25) is 0 Å². The van der Waals surface area contributed by atoms with Gasteiger partial charge in [-0.1, -0.05) is 17.3 Å². The SMILES string of the molecule is NCc1ccc(OCc2ccon2)cc1. The van der Waals surface area contributed by atoms with Gasteiger partial charge >= 0.3 is 0 Å². The molecule has 15 heavy (non-hydrogen) atoms. The van der Waals surface area contributed by atoms with Crippen LogP contribution in [0.4, 0.5) is 0 Å². The van der Waals surface area contributed by atoms with Crippen LogP contribution in [0.1, 0.15) is 11.3 Å². The molecule has 2 N–H and O–H groups in total. The summed E-state index contributed by atoms with van der Waals surface area (Å²) in [4.78, 5) is 0. The van der Waals surface area contributed by atoms with Crippen molar-refractivity contribution in [3.8, 4) is 5.75 Å². The molecule has 0 aliphatic rings. The molecule has 0 saturated carbocycles. The van der Waals surface area contributed by atoms with Crippen LogP contribution >= 0.6 is 0 Å². The van der Waals surface area contributed by atoms with Crippen LogP contribution in [0.25, 0.3) is 0 Å². The molecule has 0 aliphatic carbocycles. The monoisotopic (exact) mass is 204 g/mol. The largest absolute Gasteiger partial charge is 0.487 e. The van der Waals surface area contributed by atoms with E-state index in [0.29, 0.717) is 13.2 Å². The molecule has 1 aromatic carbocycles. The number of benzene rings is 1. The Kier molecular flexibility index (Phi) is 2.99. The zero-order valence-electron chi connectivity index (χ0n) is 8.22. The Morgan fingerprint density at radius 3 is 2.60 bits per heavy atom. The third-order valence-corrected chi connectivity index (χ3v) is 2.04. The van der Waals surface area contributed by atoms with Gasteiger partial charge in [-0.05, 0) is 17.7 Å². The number of hydrogen-bond acceptors (Lipinski definition) is 4. The molecular formula is C11H12N2O2. The Morgan fingerprint density at radius 2 is 2.00 bits per heavy atom. The van der Waals surface area contributed by atoms with E-state index >= 15 is 0 Å². The summed E-state index contributed by atoms with van der Waals surface area (Å²) < 4.78 is 10.2. The molecule has 0 spiro atoms. The Hall–Kier alpha value is -1.81. The third-order valence-electron chi connectivity index (χ3n) is 2.04. The van der Waals surface area contributed by atoms with Gasteiger partial charge in [0.1, 0.15) is 24.3 Å². The van der Waals surface area contributed by atoms with E-state index in [4.69, 9.17) is 15.0 Å². The maximum atomic E-state index is 5.49. The molecule has 78 valence electrons. The van der Waals surface area contributed by atoms with Crippen LogP contribution in [-0.4, -0.2) is 5.16 Å². The van der Waals surface area contributed by atoms with E-state index in [0.717, 1.165) is 17.0 Å². The van der Waals surface area contributed by atoms with Gasteiger partial charge in [0.2, 0.25) is 0 Å². The van der Waals surface area contributed by atoms with Gasteiger partial charge in [-0.25, -0.2) is 0 Å². The summed E-state index contributed by atoms with van der Waals surface area (Å²) in [5.74, 6) is 0.801. The first-order chi connectivity index (χ1) is 7.38. The summed E-state index contributed by atoms with van der Waals surface area (Å²) in [6.45, 7) is 0.960. The van der Waals surface area contributed by atoms with Crippen LogP contribution in [0.15, 0.2) is 41.1 Å². The van der Waals surface area contributed by atoms with Crippen molar-refractivity contribution in [1.82, 2.24) is 5.16 Å². The molecule has 1 heterocycles. The van der Waals surface area contributed by atoms with E-state index in [1.807, 2.05) is 24.3 Å². The van der Waals surface area contributed by atoms with E-state index in [2.05, 4.69) is 5.16 Å². The summed E-state index contributed by atoms with van der Waals surface area (Å²) in [6.07, 6.45) is 1.52. The molecule has 0 aliphatic heterocycles. The maximum absolute atomic E-state index is 5.49. The highest BCUT2D eigenvalue weighted by molar-refractivity contribution is 5.27. The quantitative estimate of drug-likeness (QED) is 0.823. The minimum atomic E-state index is 0.415. The number of nitrogens with zero attached hydrogens (tertiary/aromatic N) is 1. The van der Waals surface area contributed by atoms with Crippen molar-refractivity contribution in [2.45, 2.75) is 13.2 Å². The molecule has 4 heteroatoms. The van der Waals surface area contributed by atoms with E-state index in [9.17, 15) is 0 Å². The van der Waals surface area contributed by atoms with Crippen molar-refractivity contribution in [3.63, 3.8) is 0 Å². The van der Waals surface area contributed by atoms with Gasteiger partial charge in [-0.3, -0.25) is 0 Å². The lowest BCUT2D eigenvalue weighted by molar-refractivity contribution is 0.289. The topological polar surface area (TPSA) is 61.3 Å². The van der Waals surface area contributed by atoms with Crippen LogP contribution in [0, 0.1) is 0 Å². The fourth-order valence-electron chi connectivity index (χ4n) is 1.19. The number of nitrogens with two attached hydrogens (primary N) is 1. The first kappa shape index (κ1) is 9.73. The lowest BCUT2D eigenvalue weighted by Crippen LogP contribution is -1.97. The van der Waals surface area contributed by atoms with Gasteiger partial charge in [-0.15, -0.1) is 0 Å². The molecule has 4 nitrogen and oxygen atoms in total. The maximum Gasteiger partial charge on any atom is 0.134 e. The van der Waals surface area contributed by atoms with E-state index in [1.54, 1.807) is 6.07 Å². The first-order valence-electron chi connectivity index (χ1n) is 4.69. The molecule has 0 bridgehead atoms. The van der Waals surface area contributed by atoms with Gasteiger partial charge in [0, 0.05) is 12.6 Å². The summed E-state index contributed by atoms with van der Waals surface area (Å²) in [5, 5.41) is 3.75. The van der Waals surface area contributed by atoms with Crippen LogP contribution in [-0.2, 0) is 13.2 Å². The average molecular weight is 204 g/mol. The lowest BCUT2D eigenvalue weighted by atomic mass is 10.2. The molecule has 1 aromatic heterocycles. The second-order valence-corrected chi connectivity index (χ2v) is 3.13.